The van der Waals surface area contributed by atoms with Crippen molar-refractivity contribution >= 4 is 29.5 Å². The van der Waals surface area contributed by atoms with E-state index in [4.69, 9.17) is 10.3 Å². The number of methoxy groups -OCH3 is 1. The van der Waals surface area contributed by atoms with Crippen LogP contribution in [0.1, 0.15) is 0 Å². The molecule has 0 aliphatic carbocycles. The van der Waals surface area contributed by atoms with Crippen LogP contribution < -0.4 is 5.32 Å². The number of ether oxygens (including phenoxy) is 1. The Morgan fingerprint density at radius 3 is 2.95 bits per heavy atom. The van der Waals surface area contributed by atoms with Crippen molar-refractivity contribution in [1.82, 2.24) is 10.2 Å². The Kier molecular flexibility index (Phi) is 4.24. The highest BCUT2D eigenvalue weighted by Gasteiger charge is 2.54. The largest absolute Gasteiger partial charge is 0.498 e. The average molecular weight is 313 g/mol. The van der Waals surface area contributed by atoms with Gasteiger partial charge in [-0.15, -0.1) is 11.8 Å². The molecule has 2 amide bonds. The van der Waals surface area contributed by atoms with E-state index in [0.29, 0.717) is 0 Å². The maximum Gasteiger partial charge on any atom is 0.356 e. The van der Waals surface area contributed by atoms with E-state index in [0.717, 1.165) is 4.90 Å². The molecule has 112 valence electrons. The molecule has 0 spiro atoms. The summed E-state index contributed by atoms with van der Waals surface area (Å²) in [4.78, 5) is 38.3. The molecular formula is C10H11N5O5S. The van der Waals surface area contributed by atoms with Gasteiger partial charge in [-0.25, -0.2) is 4.79 Å². The minimum absolute atomic E-state index is 0.202. The molecule has 0 aromatic rings. The standard InChI is InChI=1S/C10H11N5O5S/c1-20-4-3-21-9-6(13-5(16)2-12-14-11)8(17)15(9)7(4)10(18)19/h6,9H,2-3H2,1H3,(H,13,16)(H,18,19)/t6-,9-/m1/s1. The van der Waals surface area contributed by atoms with Gasteiger partial charge in [0.2, 0.25) is 5.91 Å². The topological polar surface area (TPSA) is 145 Å². The van der Waals surface area contributed by atoms with Gasteiger partial charge in [0.15, 0.2) is 5.70 Å². The van der Waals surface area contributed by atoms with Gasteiger partial charge >= 0.3 is 5.97 Å². The number of thioether (sulfide) groups is 1. The molecule has 0 radical (unpaired) electrons. The van der Waals surface area contributed by atoms with E-state index in [1.54, 1.807) is 0 Å². The smallest absolute Gasteiger partial charge is 0.356 e. The second-order valence-electron chi connectivity index (χ2n) is 4.13. The van der Waals surface area contributed by atoms with Crippen LogP contribution in [0, 0.1) is 0 Å². The molecule has 2 heterocycles. The quantitative estimate of drug-likeness (QED) is 0.307. The molecule has 2 N–H and O–H groups in total. The summed E-state index contributed by atoms with van der Waals surface area (Å²) in [6.45, 7) is -0.414. The van der Waals surface area contributed by atoms with Gasteiger partial charge in [0, 0.05) is 4.91 Å². The van der Waals surface area contributed by atoms with Crippen LogP contribution in [-0.2, 0) is 19.1 Å². The Hall–Kier alpha value is -2.39. The Labute approximate surface area is 122 Å². The zero-order chi connectivity index (χ0) is 15.6. The first-order valence-electron chi connectivity index (χ1n) is 5.76. The third kappa shape index (κ3) is 2.60. The number of β-lactam (4-membered cyclic amide) rings is 1. The fourth-order valence-electron chi connectivity index (χ4n) is 2.06. The fraction of sp³-hybridized carbons (Fsp3) is 0.500. The van der Waals surface area contributed by atoms with Crippen molar-refractivity contribution in [3.63, 3.8) is 0 Å². The number of carbonyl (C=O) groups is 3. The molecule has 21 heavy (non-hydrogen) atoms. The summed E-state index contributed by atoms with van der Waals surface area (Å²) in [5.41, 5.74) is 7.92. The maximum atomic E-state index is 12.0. The molecule has 0 bridgehead atoms. The summed E-state index contributed by atoms with van der Waals surface area (Å²) >= 11 is 1.29. The number of amides is 2. The van der Waals surface area contributed by atoms with Gasteiger partial charge in [0.05, 0.1) is 12.9 Å². The van der Waals surface area contributed by atoms with Gasteiger partial charge in [0.1, 0.15) is 23.7 Å². The second kappa shape index (κ2) is 5.94. The number of rotatable bonds is 5. The lowest BCUT2D eigenvalue weighted by atomic mass is 10.0. The molecule has 10 nitrogen and oxygen atoms in total. The molecule has 2 aliphatic heterocycles. The van der Waals surface area contributed by atoms with Crippen LogP contribution in [0.15, 0.2) is 16.6 Å². The highest BCUT2D eigenvalue weighted by Crippen LogP contribution is 2.40. The van der Waals surface area contributed by atoms with Crippen LogP contribution in [0.4, 0.5) is 0 Å². The van der Waals surface area contributed by atoms with Crippen molar-refractivity contribution in [2.24, 2.45) is 5.11 Å². The maximum absolute atomic E-state index is 12.0. The van der Waals surface area contributed by atoms with E-state index in [2.05, 4.69) is 15.3 Å². The third-order valence-electron chi connectivity index (χ3n) is 2.98. The van der Waals surface area contributed by atoms with Gasteiger partial charge in [0.25, 0.3) is 5.91 Å². The summed E-state index contributed by atoms with van der Waals surface area (Å²) in [7, 11) is 1.34. The first-order valence-corrected chi connectivity index (χ1v) is 6.81. The highest BCUT2D eigenvalue weighted by molar-refractivity contribution is 8.00. The Morgan fingerprint density at radius 2 is 2.38 bits per heavy atom. The number of carbonyl (C=O) groups excluding carboxylic acids is 2. The lowest BCUT2D eigenvalue weighted by molar-refractivity contribution is -0.151. The SMILES string of the molecule is COC1=C(C(=O)O)N2C(=O)[C@@H](NC(=O)CN=[N+]=[N-])[C@H]2SC1. The predicted octanol–water partition coefficient (Wildman–Crippen LogP) is -0.361. The lowest BCUT2D eigenvalue weighted by Gasteiger charge is -2.48. The Bertz CT molecular complexity index is 584. The Morgan fingerprint density at radius 1 is 1.67 bits per heavy atom. The second-order valence-corrected chi connectivity index (χ2v) is 5.23. The molecule has 2 rings (SSSR count). The van der Waals surface area contributed by atoms with Crippen LogP contribution in [0.25, 0.3) is 10.4 Å². The number of carboxylic acids is 1. The van der Waals surface area contributed by atoms with Gasteiger partial charge in [-0.3, -0.25) is 14.5 Å². The molecule has 0 aromatic carbocycles. The predicted molar refractivity (Wildman–Crippen MR) is 70.7 cm³/mol. The molecule has 1 saturated heterocycles. The van der Waals surface area contributed by atoms with Crippen LogP contribution in [0.3, 0.4) is 0 Å². The molecule has 1 fully saturated rings. The number of azide groups is 1. The number of hydrogen-bond donors (Lipinski definition) is 2. The van der Waals surface area contributed by atoms with Crippen LogP contribution in [0.2, 0.25) is 0 Å². The molecule has 0 saturated carbocycles. The van der Waals surface area contributed by atoms with Crippen LogP contribution in [-0.4, -0.2) is 58.6 Å². The minimum atomic E-state index is -1.26. The average Bonchev–Trinajstić information content (AvgIpc) is 2.48. The molecule has 0 unspecified atom stereocenters. The van der Waals surface area contributed by atoms with Crippen LogP contribution in [0.5, 0.6) is 0 Å². The summed E-state index contributed by atoms with van der Waals surface area (Å²) in [5, 5.41) is 14.2. The van der Waals surface area contributed by atoms with Crippen molar-refractivity contribution in [2.75, 3.05) is 19.4 Å². The number of nitrogens with zero attached hydrogens (tertiary/aromatic N) is 4. The van der Waals surface area contributed by atoms with Crippen molar-refractivity contribution in [1.29, 1.82) is 0 Å². The van der Waals surface area contributed by atoms with E-state index >= 15 is 0 Å². The first-order chi connectivity index (χ1) is 10.0. The van der Waals surface area contributed by atoms with E-state index in [1.165, 1.54) is 18.9 Å². The molecule has 0 aromatic heterocycles. The van der Waals surface area contributed by atoms with Crippen molar-refractivity contribution in [3.05, 3.63) is 21.9 Å². The van der Waals surface area contributed by atoms with E-state index < -0.39 is 35.7 Å². The Balaban J connectivity index is 2.13. The number of nitrogens with one attached hydrogen (secondary N) is 1. The molecular weight excluding hydrogens is 302 g/mol. The summed E-state index contributed by atoms with van der Waals surface area (Å²) in [6, 6.07) is -0.829. The monoisotopic (exact) mass is 313 g/mol. The summed E-state index contributed by atoms with van der Waals surface area (Å²) < 4.78 is 4.98. The lowest BCUT2D eigenvalue weighted by Crippen LogP contribution is -2.70. The summed E-state index contributed by atoms with van der Waals surface area (Å²) in [6.07, 6.45) is 0. The number of carboxylic acid groups (broad SMARTS) is 1. The number of fused-ring (bicyclic) bond motifs is 1. The minimum Gasteiger partial charge on any atom is -0.498 e. The van der Waals surface area contributed by atoms with Crippen molar-refractivity contribution < 1.29 is 24.2 Å². The van der Waals surface area contributed by atoms with Crippen LogP contribution >= 0.6 is 11.8 Å². The van der Waals surface area contributed by atoms with Gasteiger partial charge in [-0.1, -0.05) is 5.11 Å². The van der Waals surface area contributed by atoms with E-state index in [-0.39, 0.29) is 17.2 Å². The molecule has 2 aliphatic rings. The van der Waals surface area contributed by atoms with Gasteiger partial charge < -0.3 is 15.2 Å². The normalized spacial score (nSPS) is 23.7. The van der Waals surface area contributed by atoms with Crippen molar-refractivity contribution in [2.45, 2.75) is 11.4 Å². The zero-order valence-corrected chi connectivity index (χ0v) is 11.7. The number of hydrogen-bond acceptors (Lipinski definition) is 6. The van der Waals surface area contributed by atoms with Gasteiger partial charge in [-0.05, 0) is 5.53 Å². The number of aliphatic carboxylic acids is 1. The van der Waals surface area contributed by atoms with E-state index in [1.807, 2.05) is 0 Å². The summed E-state index contributed by atoms with van der Waals surface area (Å²) in [5.74, 6) is -1.89. The van der Waals surface area contributed by atoms with Gasteiger partial charge in [-0.2, -0.15) is 0 Å². The molecule has 2 atom stereocenters. The first kappa shape index (κ1) is 15.0. The zero-order valence-electron chi connectivity index (χ0n) is 10.8. The van der Waals surface area contributed by atoms with Crippen molar-refractivity contribution in [3.8, 4) is 0 Å². The third-order valence-corrected chi connectivity index (χ3v) is 4.23. The fourth-order valence-corrected chi connectivity index (χ4v) is 3.37. The highest BCUT2D eigenvalue weighted by atomic mass is 32.2. The van der Waals surface area contributed by atoms with E-state index in [9.17, 15) is 19.5 Å². The molecule has 11 heteroatoms.